The third kappa shape index (κ3) is 6.18. The summed E-state index contributed by atoms with van der Waals surface area (Å²) >= 11 is 0. The minimum atomic E-state index is -4.12. The van der Waals surface area contributed by atoms with Crippen LogP contribution in [0.2, 0.25) is 0 Å². The number of rotatable bonds is 5. The van der Waals surface area contributed by atoms with Crippen molar-refractivity contribution in [1.82, 2.24) is 20.4 Å². The summed E-state index contributed by atoms with van der Waals surface area (Å²) in [6.07, 6.45) is -2.23. The molecule has 0 aliphatic carbocycles. The maximum absolute atomic E-state index is 12.4. The van der Waals surface area contributed by atoms with Gasteiger partial charge < -0.3 is 15.5 Å². The third-order valence-electron chi connectivity index (χ3n) is 4.62. The standard InChI is InChI=1S/C15H28F3N5/c1-3-22-6-4-12(9-22)8-20-14(19-2)21-13-5-7-23(10-13)11-15(16,17)18/h12-13H,3-11H2,1-2H3,(H2,19,20,21). The largest absolute Gasteiger partial charge is 0.401 e. The van der Waals surface area contributed by atoms with E-state index in [4.69, 9.17) is 0 Å². The summed E-state index contributed by atoms with van der Waals surface area (Å²) in [4.78, 5) is 8.06. The van der Waals surface area contributed by atoms with Crippen LogP contribution in [0, 0.1) is 5.92 Å². The van der Waals surface area contributed by atoms with Gasteiger partial charge in [-0.25, -0.2) is 0 Å². The summed E-state index contributed by atoms with van der Waals surface area (Å²) in [6.45, 7) is 6.41. The summed E-state index contributed by atoms with van der Waals surface area (Å²) in [5.41, 5.74) is 0. The molecule has 0 spiro atoms. The Morgan fingerprint density at radius 3 is 2.52 bits per heavy atom. The molecule has 0 aromatic carbocycles. The minimum Gasteiger partial charge on any atom is -0.356 e. The molecule has 0 aromatic heterocycles. The molecule has 0 amide bonds. The van der Waals surface area contributed by atoms with Crippen molar-refractivity contribution in [2.24, 2.45) is 10.9 Å². The quantitative estimate of drug-likeness (QED) is 0.584. The van der Waals surface area contributed by atoms with Crippen LogP contribution in [0.3, 0.4) is 0 Å². The van der Waals surface area contributed by atoms with Crippen molar-refractivity contribution in [2.75, 3.05) is 52.9 Å². The number of nitrogens with one attached hydrogen (secondary N) is 2. The second-order valence-corrected chi connectivity index (χ2v) is 6.48. The van der Waals surface area contributed by atoms with Gasteiger partial charge in [-0.05, 0) is 31.8 Å². The van der Waals surface area contributed by atoms with Gasteiger partial charge in [0, 0.05) is 39.3 Å². The van der Waals surface area contributed by atoms with E-state index in [0.717, 1.165) is 26.2 Å². The molecule has 2 aliphatic rings. The third-order valence-corrected chi connectivity index (χ3v) is 4.62. The highest BCUT2D eigenvalue weighted by Gasteiger charge is 2.34. The average Bonchev–Trinajstić information content (AvgIpc) is 3.10. The number of halogens is 3. The Morgan fingerprint density at radius 2 is 1.91 bits per heavy atom. The maximum Gasteiger partial charge on any atom is 0.401 e. The average molecular weight is 335 g/mol. The van der Waals surface area contributed by atoms with Crippen molar-refractivity contribution in [3.05, 3.63) is 0 Å². The van der Waals surface area contributed by atoms with Gasteiger partial charge in [0.1, 0.15) is 0 Å². The zero-order chi connectivity index (χ0) is 16.9. The first-order valence-corrected chi connectivity index (χ1v) is 8.38. The van der Waals surface area contributed by atoms with Crippen LogP contribution in [0.5, 0.6) is 0 Å². The SMILES string of the molecule is CCN1CCC(CNC(=NC)NC2CCN(CC(F)(F)F)C2)C1. The van der Waals surface area contributed by atoms with Crippen LogP contribution in [-0.2, 0) is 0 Å². The van der Waals surface area contributed by atoms with Gasteiger partial charge >= 0.3 is 6.18 Å². The van der Waals surface area contributed by atoms with Gasteiger partial charge in [-0.2, -0.15) is 13.2 Å². The Bertz CT molecular complexity index is 399. The molecule has 0 radical (unpaired) electrons. The Kier molecular flexibility index (Phi) is 6.52. The monoisotopic (exact) mass is 335 g/mol. The molecule has 0 bridgehead atoms. The lowest BCUT2D eigenvalue weighted by Gasteiger charge is -2.21. The minimum absolute atomic E-state index is 0.0271. The van der Waals surface area contributed by atoms with E-state index in [9.17, 15) is 13.2 Å². The van der Waals surface area contributed by atoms with Gasteiger partial charge in [0.2, 0.25) is 0 Å². The van der Waals surface area contributed by atoms with Gasteiger partial charge in [0.25, 0.3) is 0 Å². The van der Waals surface area contributed by atoms with Gasteiger partial charge in [0.05, 0.1) is 6.54 Å². The topological polar surface area (TPSA) is 42.9 Å². The lowest BCUT2D eigenvalue weighted by molar-refractivity contribution is -0.143. The van der Waals surface area contributed by atoms with Crippen LogP contribution < -0.4 is 10.6 Å². The molecule has 5 nitrogen and oxygen atoms in total. The van der Waals surface area contributed by atoms with Crippen LogP contribution in [0.4, 0.5) is 13.2 Å². The summed E-state index contributed by atoms with van der Waals surface area (Å²) in [5, 5.41) is 6.56. The lowest BCUT2D eigenvalue weighted by Crippen LogP contribution is -2.46. The van der Waals surface area contributed by atoms with E-state index in [1.165, 1.54) is 11.3 Å². The first-order valence-electron chi connectivity index (χ1n) is 8.38. The summed E-state index contributed by atoms with van der Waals surface area (Å²) in [7, 11) is 1.70. The van der Waals surface area contributed by atoms with Gasteiger partial charge in [-0.3, -0.25) is 9.89 Å². The van der Waals surface area contributed by atoms with Crippen molar-refractivity contribution in [3.63, 3.8) is 0 Å². The van der Waals surface area contributed by atoms with Crippen molar-refractivity contribution >= 4 is 5.96 Å². The number of aliphatic imine (C=N–C) groups is 1. The molecule has 2 N–H and O–H groups in total. The molecule has 2 atom stereocenters. The molecular weight excluding hydrogens is 307 g/mol. The Morgan fingerprint density at radius 1 is 1.17 bits per heavy atom. The second-order valence-electron chi connectivity index (χ2n) is 6.48. The van der Waals surface area contributed by atoms with Crippen LogP contribution in [0.1, 0.15) is 19.8 Å². The molecule has 8 heteroatoms. The van der Waals surface area contributed by atoms with Crippen molar-refractivity contribution in [1.29, 1.82) is 0 Å². The van der Waals surface area contributed by atoms with Crippen molar-refractivity contribution in [3.8, 4) is 0 Å². The molecule has 0 aromatic rings. The molecule has 0 saturated carbocycles. The summed E-state index contributed by atoms with van der Waals surface area (Å²) in [6, 6.07) is 0.0271. The molecule has 2 rings (SSSR count). The van der Waals surface area contributed by atoms with E-state index in [-0.39, 0.29) is 6.04 Å². The highest BCUT2D eigenvalue weighted by atomic mass is 19.4. The van der Waals surface area contributed by atoms with Gasteiger partial charge in [-0.15, -0.1) is 0 Å². The van der Waals surface area contributed by atoms with E-state index >= 15 is 0 Å². The number of nitrogens with zero attached hydrogens (tertiary/aromatic N) is 3. The predicted octanol–water partition coefficient (Wildman–Crippen LogP) is 1.13. The van der Waals surface area contributed by atoms with Crippen molar-refractivity contribution < 1.29 is 13.2 Å². The molecule has 2 aliphatic heterocycles. The zero-order valence-corrected chi connectivity index (χ0v) is 14.0. The van der Waals surface area contributed by atoms with E-state index in [1.807, 2.05) is 0 Å². The number of guanidine groups is 1. The van der Waals surface area contributed by atoms with E-state index in [2.05, 4.69) is 27.4 Å². The highest BCUT2D eigenvalue weighted by Crippen LogP contribution is 2.20. The van der Waals surface area contributed by atoms with E-state index in [1.54, 1.807) is 7.05 Å². The highest BCUT2D eigenvalue weighted by molar-refractivity contribution is 5.80. The fraction of sp³-hybridized carbons (Fsp3) is 0.933. The Hall–Kier alpha value is -1.02. The summed E-state index contributed by atoms with van der Waals surface area (Å²) < 4.78 is 37.2. The number of hydrogen-bond acceptors (Lipinski definition) is 3. The molecule has 23 heavy (non-hydrogen) atoms. The zero-order valence-electron chi connectivity index (χ0n) is 14.0. The smallest absolute Gasteiger partial charge is 0.356 e. The molecule has 2 saturated heterocycles. The fourth-order valence-corrected chi connectivity index (χ4v) is 3.34. The first kappa shape index (κ1) is 18.3. The summed E-state index contributed by atoms with van der Waals surface area (Å²) in [5.74, 6) is 1.30. The van der Waals surface area contributed by atoms with Crippen LogP contribution in [0.25, 0.3) is 0 Å². The van der Waals surface area contributed by atoms with Crippen molar-refractivity contribution in [2.45, 2.75) is 32.0 Å². The van der Waals surface area contributed by atoms with Gasteiger partial charge in [-0.1, -0.05) is 6.92 Å². The second kappa shape index (κ2) is 8.19. The molecule has 2 unspecified atom stereocenters. The number of hydrogen-bond donors (Lipinski definition) is 2. The number of likely N-dealkylation sites (tertiary alicyclic amines) is 2. The molecule has 2 fully saturated rings. The Labute approximate surface area is 136 Å². The first-order chi connectivity index (χ1) is 10.9. The van der Waals surface area contributed by atoms with E-state index < -0.39 is 12.7 Å². The van der Waals surface area contributed by atoms with Crippen LogP contribution in [-0.4, -0.2) is 80.8 Å². The molecule has 2 heterocycles. The molecular formula is C15H28F3N5. The van der Waals surface area contributed by atoms with Crippen LogP contribution in [0.15, 0.2) is 4.99 Å². The molecule has 134 valence electrons. The van der Waals surface area contributed by atoms with Crippen LogP contribution >= 0.6 is 0 Å². The predicted molar refractivity (Wildman–Crippen MR) is 85.6 cm³/mol. The Balaban J connectivity index is 1.69. The lowest BCUT2D eigenvalue weighted by atomic mass is 10.1. The van der Waals surface area contributed by atoms with E-state index in [0.29, 0.717) is 31.4 Å². The number of alkyl halides is 3. The maximum atomic E-state index is 12.4. The fourth-order valence-electron chi connectivity index (χ4n) is 3.34. The normalized spacial score (nSPS) is 27.6. The van der Waals surface area contributed by atoms with Gasteiger partial charge in [0.15, 0.2) is 5.96 Å².